The van der Waals surface area contributed by atoms with Gasteiger partial charge in [0.25, 0.3) is 0 Å². The first-order valence-corrected chi connectivity index (χ1v) is 5.00. The van der Waals surface area contributed by atoms with E-state index in [2.05, 4.69) is 0 Å². The van der Waals surface area contributed by atoms with Gasteiger partial charge in [0.05, 0.1) is 12.2 Å². The summed E-state index contributed by atoms with van der Waals surface area (Å²) in [4.78, 5) is 11.3. The van der Waals surface area contributed by atoms with Crippen molar-refractivity contribution >= 4 is 5.78 Å². The van der Waals surface area contributed by atoms with Gasteiger partial charge in [0, 0.05) is 7.11 Å². The third kappa shape index (κ3) is 3.31. The maximum Gasteiger partial charge on any atom is 0.163 e. The average molecular weight is 226 g/mol. The lowest BCUT2D eigenvalue weighted by atomic mass is 10.1. The Morgan fingerprint density at radius 3 is 2.75 bits per heavy atom. The molecule has 0 fully saturated rings. The van der Waals surface area contributed by atoms with Crippen molar-refractivity contribution in [2.45, 2.75) is 20.0 Å². The van der Waals surface area contributed by atoms with Crippen LogP contribution in [-0.4, -0.2) is 25.6 Å². The quantitative estimate of drug-likeness (QED) is 0.723. The zero-order valence-electron chi connectivity index (χ0n) is 9.62. The smallest absolute Gasteiger partial charge is 0.163 e. The first-order valence-electron chi connectivity index (χ1n) is 5.00. The Balaban J connectivity index is 2.90. The van der Waals surface area contributed by atoms with Crippen LogP contribution in [0.3, 0.4) is 0 Å². The van der Waals surface area contributed by atoms with Crippen LogP contribution in [-0.2, 0) is 4.74 Å². The number of methoxy groups -OCH3 is 1. The number of carbonyl (C=O) groups excluding carboxylic acids is 1. The molecule has 1 aromatic carbocycles. The van der Waals surface area contributed by atoms with Crippen molar-refractivity contribution in [3.63, 3.8) is 0 Å². The van der Waals surface area contributed by atoms with Gasteiger partial charge in [-0.2, -0.15) is 0 Å². The van der Waals surface area contributed by atoms with Gasteiger partial charge in [-0.3, -0.25) is 4.79 Å². The molecule has 0 aliphatic carbocycles. The molecular weight excluding hydrogens is 211 g/mol. The second-order valence-corrected chi connectivity index (χ2v) is 3.58. The fourth-order valence-electron chi connectivity index (χ4n) is 1.37. The molecule has 0 heterocycles. The number of Topliss-reactive ketones (excluding diaryl/α,β-unsaturated/α-hetero) is 1. The molecule has 1 rings (SSSR count). The molecule has 0 aliphatic heterocycles. The molecule has 0 aliphatic rings. The van der Waals surface area contributed by atoms with E-state index in [1.165, 1.54) is 25.1 Å². The van der Waals surface area contributed by atoms with Crippen molar-refractivity contribution in [1.29, 1.82) is 0 Å². The minimum Gasteiger partial charge on any atom is -0.488 e. The summed E-state index contributed by atoms with van der Waals surface area (Å²) in [5, 5.41) is 0. The lowest BCUT2D eigenvalue weighted by Crippen LogP contribution is -2.19. The largest absolute Gasteiger partial charge is 0.488 e. The fraction of sp³-hybridized carbons (Fsp3) is 0.417. The van der Waals surface area contributed by atoms with E-state index in [4.69, 9.17) is 9.47 Å². The number of carbonyl (C=O) groups is 1. The summed E-state index contributed by atoms with van der Waals surface area (Å²) in [6, 6.07) is 3.90. The van der Waals surface area contributed by atoms with Crippen molar-refractivity contribution < 1.29 is 18.7 Å². The molecule has 0 bridgehead atoms. The van der Waals surface area contributed by atoms with Gasteiger partial charge in [-0.15, -0.1) is 0 Å². The SMILES string of the molecule is COCC(C)Oc1ccc(F)cc1C(C)=O. The standard InChI is InChI=1S/C12H15FO3/c1-8(7-15-3)16-12-5-4-10(13)6-11(12)9(2)14/h4-6,8H,7H2,1-3H3. The van der Waals surface area contributed by atoms with E-state index in [0.29, 0.717) is 12.4 Å². The van der Waals surface area contributed by atoms with Crippen molar-refractivity contribution in [3.8, 4) is 5.75 Å². The molecule has 0 saturated carbocycles. The zero-order chi connectivity index (χ0) is 12.1. The summed E-state index contributed by atoms with van der Waals surface area (Å²) in [5.74, 6) is -0.283. The maximum absolute atomic E-state index is 13.0. The Hall–Kier alpha value is -1.42. The number of ketones is 1. The number of rotatable bonds is 5. The van der Waals surface area contributed by atoms with E-state index in [1.807, 2.05) is 6.92 Å². The molecule has 1 aromatic rings. The minimum atomic E-state index is -0.447. The van der Waals surface area contributed by atoms with Gasteiger partial charge in [0.2, 0.25) is 0 Å². The summed E-state index contributed by atoms with van der Waals surface area (Å²) in [6.45, 7) is 3.61. The molecular formula is C12H15FO3. The Morgan fingerprint density at radius 1 is 1.50 bits per heavy atom. The van der Waals surface area contributed by atoms with Crippen LogP contribution in [0.4, 0.5) is 4.39 Å². The first kappa shape index (κ1) is 12.6. The minimum absolute atomic E-state index is 0.187. The van der Waals surface area contributed by atoms with Gasteiger partial charge in [0.15, 0.2) is 5.78 Å². The topological polar surface area (TPSA) is 35.5 Å². The molecule has 1 unspecified atom stereocenters. The second kappa shape index (κ2) is 5.61. The highest BCUT2D eigenvalue weighted by atomic mass is 19.1. The Kier molecular flexibility index (Phi) is 4.43. The second-order valence-electron chi connectivity index (χ2n) is 3.58. The van der Waals surface area contributed by atoms with Crippen molar-refractivity contribution in [3.05, 3.63) is 29.6 Å². The predicted octanol–water partition coefficient (Wildman–Crippen LogP) is 2.44. The lowest BCUT2D eigenvalue weighted by Gasteiger charge is -2.15. The lowest BCUT2D eigenvalue weighted by molar-refractivity contribution is 0.0888. The summed E-state index contributed by atoms with van der Waals surface area (Å²) in [7, 11) is 1.57. The number of benzene rings is 1. The van der Waals surface area contributed by atoms with Crippen molar-refractivity contribution in [2.24, 2.45) is 0 Å². The molecule has 4 heteroatoms. The van der Waals surface area contributed by atoms with E-state index in [-0.39, 0.29) is 17.5 Å². The van der Waals surface area contributed by atoms with Gasteiger partial charge in [-0.25, -0.2) is 4.39 Å². The normalized spacial score (nSPS) is 12.2. The zero-order valence-corrected chi connectivity index (χ0v) is 9.62. The molecule has 88 valence electrons. The molecule has 3 nitrogen and oxygen atoms in total. The molecule has 0 amide bonds. The van der Waals surface area contributed by atoms with E-state index in [0.717, 1.165) is 0 Å². The average Bonchev–Trinajstić information content (AvgIpc) is 2.20. The van der Waals surface area contributed by atoms with Crippen molar-refractivity contribution in [1.82, 2.24) is 0 Å². The van der Waals surface area contributed by atoms with Gasteiger partial charge in [-0.05, 0) is 32.0 Å². The van der Waals surface area contributed by atoms with E-state index in [1.54, 1.807) is 7.11 Å². The molecule has 1 atom stereocenters. The van der Waals surface area contributed by atoms with E-state index < -0.39 is 5.82 Å². The molecule has 0 radical (unpaired) electrons. The molecule has 16 heavy (non-hydrogen) atoms. The highest BCUT2D eigenvalue weighted by molar-refractivity contribution is 5.96. The Morgan fingerprint density at radius 2 is 2.19 bits per heavy atom. The predicted molar refractivity (Wildman–Crippen MR) is 58.4 cm³/mol. The van der Waals surface area contributed by atoms with Crippen molar-refractivity contribution in [2.75, 3.05) is 13.7 Å². The molecule has 0 N–H and O–H groups in total. The fourth-order valence-corrected chi connectivity index (χ4v) is 1.37. The van der Waals surface area contributed by atoms with Gasteiger partial charge >= 0.3 is 0 Å². The van der Waals surface area contributed by atoms with Crippen LogP contribution in [0, 0.1) is 5.82 Å². The highest BCUT2D eigenvalue weighted by Gasteiger charge is 2.12. The van der Waals surface area contributed by atoms with E-state index in [9.17, 15) is 9.18 Å². The van der Waals surface area contributed by atoms with Crippen LogP contribution < -0.4 is 4.74 Å². The number of ether oxygens (including phenoxy) is 2. The van der Waals surface area contributed by atoms with Crippen LogP contribution in [0.2, 0.25) is 0 Å². The Labute approximate surface area is 94.2 Å². The maximum atomic E-state index is 13.0. The van der Waals surface area contributed by atoms with Crippen LogP contribution in [0.1, 0.15) is 24.2 Å². The first-order chi connectivity index (χ1) is 7.54. The Bertz CT molecular complexity index is 377. The van der Waals surface area contributed by atoms with Crippen LogP contribution >= 0.6 is 0 Å². The van der Waals surface area contributed by atoms with Crippen LogP contribution in [0.25, 0.3) is 0 Å². The number of hydrogen-bond donors (Lipinski definition) is 0. The molecule has 0 saturated heterocycles. The van der Waals surface area contributed by atoms with Gasteiger partial charge in [0.1, 0.15) is 17.7 Å². The summed E-state index contributed by atoms with van der Waals surface area (Å²) < 4.78 is 23.4. The monoisotopic (exact) mass is 226 g/mol. The summed E-state index contributed by atoms with van der Waals surface area (Å²) >= 11 is 0. The molecule has 0 spiro atoms. The molecule has 0 aromatic heterocycles. The van der Waals surface area contributed by atoms with Crippen LogP contribution in [0.5, 0.6) is 5.75 Å². The summed E-state index contributed by atoms with van der Waals surface area (Å²) in [6.07, 6.45) is -0.187. The number of hydrogen-bond acceptors (Lipinski definition) is 3. The van der Waals surface area contributed by atoms with Gasteiger partial charge in [-0.1, -0.05) is 0 Å². The summed E-state index contributed by atoms with van der Waals surface area (Å²) in [5.41, 5.74) is 0.253. The van der Waals surface area contributed by atoms with Crippen LogP contribution in [0.15, 0.2) is 18.2 Å². The third-order valence-electron chi connectivity index (χ3n) is 2.05. The van der Waals surface area contributed by atoms with Gasteiger partial charge < -0.3 is 9.47 Å². The van der Waals surface area contributed by atoms with E-state index >= 15 is 0 Å². The third-order valence-corrected chi connectivity index (χ3v) is 2.05. The highest BCUT2D eigenvalue weighted by Crippen LogP contribution is 2.21. The number of halogens is 1.